The lowest BCUT2D eigenvalue weighted by atomic mass is 10.2. The number of carbonyl (C=O) groups is 2. The maximum absolute atomic E-state index is 11.4. The van der Waals surface area contributed by atoms with Gasteiger partial charge in [0, 0.05) is 6.20 Å². The van der Waals surface area contributed by atoms with Crippen LogP contribution in [0.2, 0.25) is 0 Å². The summed E-state index contributed by atoms with van der Waals surface area (Å²) in [7, 11) is 0. The Morgan fingerprint density at radius 2 is 2.12 bits per heavy atom. The van der Waals surface area contributed by atoms with E-state index in [4.69, 9.17) is 9.84 Å². The Kier molecular flexibility index (Phi) is 3.88. The van der Waals surface area contributed by atoms with Crippen molar-refractivity contribution >= 4 is 11.9 Å². The quantitative estimate of drug-likeness (QED) is 0.802. The predicted octanol–water partition coefficient (Wildman–Crippen LogP) is 1.31. The minimum Gasteiger partial charge on any atom is -0.478 e. The summed E-state index contributed by atoms with van der Waals surface area (Å²) in [6.07, 6.45) is 2.79. The Morgan fingerprint density at radius 3 is 2.59 bits per heavy atom. The van der Waals surface area contributed by atoms with Crippen molar-refractivity contribution < 1.29 is 19.4 Å². The molecule has 6 heteroatoms. The lowest BCUT2D eigenvalue weighted by molar-refractivity contribution is -0.155. The first-order valence-electron chi connectivity index (χ1n) is 5.25. The van der Waals surface area contributed by atoms with Gasteiger partial charge in [-0.2, -0.15) is 5.10 Å². The van der Waals surface area contributed by atoms with Crippen molar-refractivity contribution in [1.29, 1.82) is 0 Å². The summed E-state index contributed by atoms with van der Waals surface area (Å²) in [4.78, 5) is 22.0. The molecular weight excluding hydrogens is 224 g/mol. The zero-order valence-electron chi connectivity index (χ0n) is 10.1. The highest BCUT2D eigenvalue weighted by Crippen LogP contribution is 2.08. The van der Waals surface area contributed by atoms with Crippen molar-refractivity contribution in [2.24, 2.45) is 0 Å². The summed E-state index contributed by atoms with van der Waals surface area (Å²) >= 11 is 0. The Morgan fingerprint density at radius 1 is 1.47 bits per heavy atom. The first kappa shape index (κ1) is 13.2. The minimum absolute atomic E-state index is 0.106. The number of esters is 1. The number of aryl methyl sites for hydroxylation is 1. The largest absolute Gasteiger partial charge is 0.478 e. The zero-order chi connectivity index (χ0) is 13.1. The van der Waals surface area contributed by atoms with E-state index in [0.717, 1.165) is 0 Å². The van der Waals surface area contributed by atoms with Crippen LogP contribution >= 0.6 is 0 Å². The number of rotatable bonds is 4. The molecular formula is C11H16N2O4. The van der Waals surface area contributed by atoms with Gasteiger partial charge in [-0.3, -0.25) is 9.48 Å². The van der Waals surface area contributed by atoms with Crippen LogP contribution in [0.3, 0.4) is 0 Å². The molecule has 0 aliphatic carbocycles. The Hall–Kier alpha value is -1.85. The topological polar surface area (TPSA) is 81.4 Å². The van der Waals surface area contributed by atoms with Crippen molar-refractivity contribution in [3.8, 4) is 0 Å². The highest BCUT2D eigenvalue weighted by atomic mass is 16.6. The number of carboxylic acids is 1. The number of aromatic nitrogens is 2. The van der Waals surface area contributed by atoms with Gasteiger partial charge >= 0.3 is 11.9 Å². The van der Waals surface area contributed by atoms with Crippen LogP contribution in [0.5, 0.6) is 0 Å². The third-order valence-electron chi connectivity index (χ3n) is 1.85. The van der Waals surface area contributed by atoms with Crippen LogP contribution in [0.15, 0.2) is 12.4 Å². The van der Waals surface area contributed by atoms with Crippen molar-refractivity contribution in [2.75, 3.05) is 0 Å². The molecule has 0 aromatic carbocycles. The van der Waals surface area contributed by atoms with Gasteiger partial charge in [0.05, 0.1) is 24.7 Å². The van der Waals surface area contributed by atoms with Crippen LogP contribution in [0.4, 0.5) is 0 Å². The van der Waals surface area contributed by atoms with Gasteiger partial charge in [-0.25, -0.2) is 4.79 Å². The Balaban J connectivity index is 2.45. The number of aromatic carboxylic acids is 1. The molecule has 0 atom stereocenters. The molecule has 0 aliphatic rings. The lowest BCUT2D eigenvalue weighted by Crippen LogP contribution is -2.24. The zero-order valence-corrected chi connectivity index (χ0v) is 10.1. The Labute approximate surface area is 99.2 Å². The first-order chi connectivity index (χ1) is 7.78. The lowest BCUT2D eigenvalue weighted by Gasteiger charge is -2.19. The first-order valence-corrected chi connectivity index (χ1v) is 5.25. The monoisotopic (exact) mass is 240 g/mol. The molecule has 1 aromatic heterocycles. The number of hydrogen-bond acceptors (Lipinski definition) is 4. The third-order valence-corrected chi connectivity index (χ3v) is 1.85. The molecule has 1 heterocycles. The molecule has 17 heavy (non-hydrogen) atoms. The molecule has 0 spiro atoms. The van der Waals surface area contributed by atoms with Gasteiger partial charge in [0.15, 0.2) is 0 Å². The van der Waals surface area contributed by atoms with Crippen LogP contribution in [0.25, 0.3) is 0 Å². The molecule has 1 aromatic rings. The van der Waals surface area contributed by atoms with E-state index in [1.54, 1.807) is 20.8 Å². The molecule has 0 amide bonds. The molecule has 1 rings (SSSR count). The summed E-state index contributed by atoms with van der Waals surface area (Å²) < 4.78 is 6.53. The van der Waals surface area contributed by atoms with Crippen LogP contribution in [-0.2, 0) is 16.1 Å². The average Bonchev–Trinajstić information content (AvgIpc) is 2.60. The second-order valence-electron chi connectivity index (χ2n) is 4.63. The molecule has 6 nitrogen and oxygen atoms in total. The van der Waals surface area contributed by atoms with Gasteiger partial charge in [0.1, 0.15) is 5.60 Å². The second-order valence-corrected chi connectivity index (χ2v) is 4.63. The van der Waals surface area contributed by atoms with E-state index >= 15 is 0 Å². The fraction of sp³-hybridized carbons (Fsp3) is 0.545. The van der Waals surface area contributed by atoms with E-state index in [-0.39, 0.29) is 18.0 Å². The predicted molar refractivity (Wildman–Crippen MR) is 59.6 cm³/mol. The standard InChI is InChI=1S/C11H16N2O4/c1-11(2,3)17-9(14)4-5-13-7-8(6-12-13)10(15)16/h6-7H,4-5H2,1-3H3,(H,15,16). The summed E-state index contributed by atoms with van der Waals surface area (Å²) in [6, 6.07) is 0. The third kappa shape index (κ3) is 4.67. The maximum atomic E-state index is 11.4. The maximum Gasteiger partial charge on any atom is 0.338 e. The normalized spacial score (nSPS) is 11.2. The van der Waals surface area contributed by atoms with Gasteiger partial charge in [0.25, 0.3) is 0 Å². The molecule has 0 saturated carbocycles. The number of carbonyl (C=O) groups excluding carboxylic acids is 1. The summed E-state index contributed by atoms with van der Waals surface area (Å²) in [6.45, 7) is 5.69. The number of ether oxygens (including phenoxy) is 1. The van der Waals surface area contributed by atoms with Crippen LogP contribution in [0, 0.1) is 0 Å². The molecule has 0 saturated heterocycles. The van der Waals surface area contributed by atoms with Crippen molar-refractivity contribution in [3.05, 3.63) is 18.0 Å². The van der Waals surface area contributed by atoms with Crippen molar-refractivity contribution in [2.45, 2.75) is 39.3 Å². The highest BCUT2D eigenvalue weighted by molar-refractivity contribution is 5.86. The van der Waals surface area contributed by atoms with Crippen LogP contribution in [-0.4, -0.2) is 32.4 Å². The highest BCUT2D eigenvalue weighted by Gasteiger charge is 2.16. The summed E-state index contributed by atoms with van der Waals surface area (Å²) in [5, 5.41) is 12.5. The minimum atomic E-state index is -1.03. The van der Waals surface area contributed by atoms with Crippen LogP contribution in [0.1, 0.15) is 37.6 Å². The van der Waals surface area contributed by atoms with E-state index in [2.05, 4.69) is 5.10 Å². The number of nitrogens with zero attached hydrogens (tertiary/aromatic N) is 2. The summed E-state index contributed by atoms with van der Waals surface area (Å²) in [5.74, 6) is -1.36. The molecule has 0 fully saturated rings. The smallest absolute Gasteiger partial charge is 0.338 e. The van der Waals surface area contributed by atoms with E-state index in [1.165, 1.54) is 17.1 Å². The average molecular weight is 240 g/mol. The molecule has 0 unspecified atom stereocenters. The molecule has 0 radical (unpaired) electrons. The van der Waals surface area contributed by atoms with Crippen molar-refractivity contribution in [3.63, 3.8) is 0 Å². The molecule has 0 aliphatic heterocycles. The van der Waals surface area contributed by atoms with Gasteiger partial charge in [0.2, 0.25) is 0 Å². The van der Waals surface area contributed by atoms with Gasteiger partial charge in [-0.05, 0) is 20.8 Å². The van der Waals surface area contributed by atoms with E-state index in [1.807, 2.05) is 0 Å². The van der Waals surface area contributed by atoms with Crippen molar-refractivity contribution in [1.82, 2.24) is 9.78 Å². The number of carboxylic acid groups (broad SMARTS) is 1. The summed E-state index contributed by atoms with van der Waals surface area (Å²) in [5.41, 5.74) is -0.401. The fourth-order valence-corrected chi connectivity index (χ4v) is 1.19. The molecule has 94 valence electrons. The van der Waals surface area contributed by atoms with Crippen LogP contribution < -0.4 is 0 Å². The second kappa shape index (κ2) is 4.99. The number of hydrogen-bond donors (Lipinski definition) is 1. The van der Waals surface area contributed by atoms with Gasteiger partial charge < -0.3 is 9.84 Å². The van der Waals surface area contributed by atoms with E-state index in [0.29, 0.717) is 6.54 Å². The van der Waals surface area contributed by atoms with Gasteiger partial charge in [-0.1, -0.05) is 0 Å². The fourth-order valence-electron chi connectivity index (χ4n) is 1.19. The van der Waals surface area contributed by atoms with E-state index < -0.39 is 11.6 Å². The molecule has 0 bridgehead atoms. The van der Waals surface area contributed by atoms with E-state index in [9.17, 15) is 9.59 Å². The Bertz CT molecular complexity index is 417. The molecule has 1 N–H and O–H groups in total. The van der Waals surface area contributed by atoms with Gasteiger partial charge in [-0.15, -0.1) is 0 Å². The SMILES string of the molecule is CC(C)(C)OC(=O)CCn1cc(C(=O)O)cn1.